The number of likely N-dealkylation sites (tertiary alicyclic amines) is 1. The number of carbonyl (C=O) groups excluding carboxylic acids is 3. The van der Waals surface area contributed by atoms with Crippen LogP contribution in [0.1, 0.15) is 67.7 Å². The molecule has 0 aromatic heterocycles. The van der Waals surface area contributed by atoms with Crippen molar-refractivity contribution < 1.29 is 19.1 Å². The number of piperidine rings is 1. The van der Waals surface area contributed by atoms with Gasteiger partial charge in [0.2, 0.25) is 11.8 Å². The number of rotatable bonds is 10. The highest BCUT2D eigenvalue weighted by Crippen LogP contribution is 2.24. The summed E-state index contributed by atoms with van der Waals surface area (Å²) in [6.45, 7) is 14.8. The van der Waals surface area contributed by atoms with Gasteiger partial charge in [0, 0.05) is 19.2 Å². The molecule has 0 saturated carbocycles. The normalized spacial score (nSPS) is 21.9. The molecule has 1 aliphatic rings. The van der Waals surface area contributed by atoms with Crippen molar-refractivity contribution in [3.05, 3.63) is 11.6 Å². The lowest BCUT2D eigenvalue weighted by atomic mass is 9.90. The summed E-state index contributed by atoms with van der Waals surface area (Å²) in [7, 11) is 3.73. The predicted octanol–water partition coefficient (Wildman–Crippen LogP) is 3.24. The third-order valence-electron chi connectivity index (χ3n) is 6.53. The number of amides is 2. The summed E-state index contributed by atoms with van der Waals surface area (Å²) in [5.74, 6) is 0.0468. The zero-order valence-electron chi connectivity index (χ0n) is 21.6. The molecule has 1 fully saturated rings. The van der Waals surface area contributed by atoms with E-state index < -0.39 is 6.04 Å². The molecule has 1 aliphatic heterocycles. The highest BCUT2D eigenvalue weighted by molar-refractivity contribution is 5.91. The van der Waals surface area contributed by atoms with Crippen LogP contribution in [0.5, 0.6) is 0 Å². The minimum absolute atomic E-state index is 0.0610. The highest BCUT2D eigenvalue weighted by Gasteiger charge is 2.35. The van der Waals surface area contributed by atoms with Crippen LogP contribution in [0, 0.1) is 17.8 Å². The summed E-state index contributed by atoms with van der Waals surface area (Å²) < 4.78 is 5.08. The van der Waals surface area contributed by atoms with E-state index in [0.717, 1.165) is 25.8 Å². The number of esters is 1. The molecule has 2 amide bonds. The van der Waals surface area contributed by atoms with Gasteiger partial charge in [-0.1, -0.05) is 47.1 Å². The maximum Gasteiger partial charge on any atom is 0.333 e. The number of nitrogens with one attached hydrogen (secondary N) is 1. The van der Waals surface area contributed by atoms with Crippen molar-refractivity contribution >= 4 is 17.8 Å². The summed E-state index contributed by atoms with van der Waals surface area (Å²) in [5, 5.41) is 3.04. The van der Waals surface area contributed by atoms with Crippen LogP contribution < -0.4 is 5.32 Å². The second-order valence-corrected chi connectivity index (χ2v) is 9.79. The quantitative estimate of drug-likeness (QED) is 0.407. The van der Waals surface area contributed by atoms with E-state index in [1.807, 2.05) is 34.7 Å². The Kier molecular flexibility index (Phi) is 11.4. The van der Waals surface area contributed by atoms with E-state index in [1.165, 1.54) is 0 Å². The summed E-state index contributed by atoms with van der Waals surface area (Å²) in [4.78, 5) is 42.4. The number of hydrogen-bond donors (Lipinski definition) is 1. The molecule has 0 aliphatic carbocycles. The first kappa shape index (κ1) is 28.1. The maximum atomic E-state index is 13.5. The van der Waals surface area contributed by atoms with E-state index in [1.54, 1.807) is 31.9 Å². The average molecular weight is 452 g/mol. The SMILES string of the molecule is CCOC(=O)C(C)=C[C@H](C(C)C)N(C)C(=O)[C@@H](NC(=O)C1CC[C@@H](CC)CN1C)C(C)C. The van der Waals surface area contributed by atoms with Crippen molar-refractivity contribution in [3.8, 4) is 0 Å². The molecule has 0 spiro atoms. The van der Waals surface area contributed by atoms with Crippen LogP contribution in [-0.2, 0) is 19.1 Å². The smallest absolute Gasteiger partial charge is 0.333 e. The Hall–Kier alpha value is -1.89. The van der Waals surface area contributed by atoms with E-state index in [-0.39, 0.29) is 41.7 Å². The Morgan fingerprint density at radius 1 is 1.12 bits per heavy atom. The zero-order valence-corrected chi connectivity index (χ0v) is 21.6. The van der Waals surface area contributed by atoms with Gasteiger partial charge in [0.05, 0.1) is 18.7 Å². The van der Waals surface area contributed by atoms with Crippen molar-refractivity contribution in [2.75, 3.05) is 27.2 Å². The number of nitrogens with zero attached hydrogens (tertiary/aromatic N) is 2. The Bertz CT molecular complexity index is 674. The summed E-state index contributed by atoms with van der Waals surface area (Å²) in [6, 6.07) is -1.11. The third kappa shape index (κ3) is 7.61. The fourth-order valence-electron chi connectivity index (χ4n) is 4.35. The van der Waals surface area contributed by atoms with Crippen molar-refractivity contribution in [2.24, 2.45) is 17.8 Å². The van der Waals surface area contributed by atoms with Crippen LogP contribution in [0.2, 0.25) is 0 Å². The van der Waals surface area contributed by atoms with E-state index in [4.69, 9.17) is 4.74 Å². The van der Waals surface area contributed by atoms with E-state index in [2.05, 4.69) is 17.1 Å². The molecule has 0 radical (unpaired) electrons. The third-order valence-corrected chi connectivity index (χ3v) is 6.53. The molecule has 0 bridgehead atoms. The Labute approximate surface area is 194 Å². The molecule has 1 heterocycles. The molecule has 1 rings (SSSR count). The zero-order chi connectivity index (χ0) is 24.6. The first-order valence-corrected chi connectivity index (χ1v) is 12.1. The monoisotopic (exact) mass is 451 g/mol. The fourth-order valence-corrected chi connectivity index (χ4v) is 4.35. The van der Waals surface area contributed by atoms with Crippen molar-refractivity contribution in [1.29, 1.82) is 0 Å². The molecule has 1 unspecified atom stereocenters. The van der Waals surface area contributed by atoms with Gasteiger partial charge in [0.25, 0.3) is 0 Å². The van der Waals surface area contributed by atoms with Gasteiger partial charge in [-0.05, 0) is 51.5 Å². The van der Waals surface area contributed by atoms with Gasteiger partial charge in [-0.3, -0.25) is 14.5 Å². The van der Waals surface area contributed by atoms with Gasteiger partial charge in [0.15, 0.2) is 0 Å². The van der Waals surface area contributed by atoms with Crippen LogP contribution >= 0.6 is 0 Å². The first-order valence-electron chi connectivity index (χ1n) is 12.1. The van der Waals surface area contributed by atoms with Crippen LogP contribution in [0.25, 0.3) is 0 Å². The molecule has 7 nitrogen and oxygen atoms in total. The molecular formula is C25H45N3O4. The van der Waals surface area contributed by atoms with Gasteiger partial charge in [-0.2, -0.15) is 0 Å². The molecule has 0 aromatic carbocycles. The summed E-state index contributed by atoms with van der Waals surface area (Å²) in [6.07, 6.45) is 4.75. The lowest BCUT2D eigenvalue weighted by Gasteiger charge is -2.38. The van der Waals surface area contributed by atoms with Gasteiger partial charge in [0.1, 0.15) is 6.04 Å². The molecule has 1 N–H and O–H groups in total. The predicted molar refractivity (Wildman–Crippen MR) is 128 cm³/mol. The van der Waals surface area contributed by atoms with E-state index >= 15 is 0 Å². The minimum Gasteiger partial charge on any atom is -0.463 e. The number of carbonyl (C=O) groups is 3. The van der Waals surface area contributed by atoms with E-state index in [9.17, 15) is 14.4 Å². The molecule has 32 heavy (non-hydrogen) atoms. The van der Waals surface area contributed by atoms with Gasteiger partial charge in [-0.15, -0.1) is 0 Å². The Morgan fingerprint density at radius 3 is 2.22 bits per heavy atom. The van der Waals surface area contributed by atoms with Crippen molar-refractivity contribution in [1.82, 2.24) is 15.1 Å². The maximum absolute atomic E-state index is 13.5. The minimum atomic E-state index is -0.623. The van der Waals surface area contributed by atoms with Crippen LogP contribution in [0.3, 0.4) is 0 Å². The summed E-state index contributed by atoms with van der Waals surface area (Å²) >= 11 is 0. The number of hydrogen-bond acceptors (Lipinski definition) is 5. The largest absolute Gasteiger partial charge is 0.463 e. The second-order valence-electron chi connectivity index (χ2n) is 9.79. The van der Waals surface area contributed by atoms with Crippen molar-refractivity contribution in [3.63, 3.8) is 0 Å². The van der Waals surface area contributed by atoms with Crippen LogP contribution in [0.15, 0.2) is 11.6 Å². The summed E-state index contributed by atoms with van der Waals surface area (Å²) in [5.41, 5.74) is 0.477. The highest BCUT2D eigenvalue weighted by atomic mass is 16.5. The standard InChI is InChI=1S/C25H45N3O4/c1-10-19-12-13-20(27(8)15-19)23(29)26-22(17(5)6)24(30)28(9)21(16(3)4)14-18(7)25(31)32-11-2/h14,16-17,19-22H,10-13,15H2,1-9H3,(H,26,29)/t19-,20?,21-,22+/m1/s1. The van der Waals surface area contributed by atoms with Gasteiger partial charge >= 0.3 is 5.97 Å². The molecule has 184 valence electrons. The molecule has 0 aromatic rings. The lowest BCUT2D eigenvalue weighted by Crippen LogP contribution is -2.58. The van der Waals surface area contributed by atoms with Crippen LogP contribution in [0.4, 0.5) is 0 Å². The van der Waals surface area contributed by atoms with E-state index in [0.29, 0.717) is 18.1 Å². The van der Waals surface area contributed by atoms with Gasteiger partial charge in [-0.25, -0.2) is 4.79 Å². The van der Waals surface area contributed by atoms with Crippen molar-refractivity contribution in [2.45, 2.75) is 85.9 Å². The molecule has 4 atom stereocenters. The second kappa shape index (κ2) is 13.0. The Balaban J connectivity index is 2.99. The molecular weight excluding hydrogens is 406 g/mol. The van der Waals surface area contributed by atoms with Gasteiger partial charge < -0.3 is 15.0 Å². The number of ether oxygens (including phenoxy) is 1. The first-order chi connectivity index (χ1) is 14.9. The number of likely N-dealkylation sites (N-methyl/N-ethyl adjacent to an activating group) is 2. The molecule has 1 saturated heterocycles. The average Bonchev–Trinajstić information content (AvgIpc) is 2.73. The Morgan fingerprint density at radius 2 is 1.75 bits per heavy atom. The van der Waals surface area contributed by atoms with Crippen LogP contribution in [-0.4, -0.2) is 73.0 Å². The fraction of sp³-hybridized carbons (Fsp3) is 0.800. The topological polar surface area (TPSA) is 79.0 Å². The molecule has 7 heteroatoms. The lowest BCUT2D eigenvalue weighted by molar-refractivity contribution is -0.140.